The van der Waals surface area contributed by atoms with Gasteiger partial charge in [-0.1, -0.05) is 12.8 Å². The normalized spacial score (nSPS) is 41.1. The van der Waals surface area contributed by atoms with E-state index in [0.29, 0.717) is 6.04 Å². The molecule has 1 saturated heterocycles. The van der Waals surface area contributed by atoms with E-state index in [1.165, 1.54) is 12.8 Å². The van der Waals surface area contributed by atoms with Crippen molar-refractivity contribution in [3.63, 3.8) is 0 Å². The second-order valence-corrected chi connectivity index (χ2v) is 6.27. The lowest BCUT2D eigenvalue weighted by Gasteiger charge is -2.30. The third-order valence-corrected chi connectivity index (χ3v) is 5.32. The lowest BCUT2D eigenvalue weighted by Crippen LogP contribution is -2.51. The molecule has 0 aromatic rings. The van der Waals surface area contributed by atoms with Gasteiger partial charge in [0.1, 0.15) is 0 Å². The predicted molar refractivity (Wildman–Crippen MR) is 68.8 cm³/mol. The molecular weight excluding hydrogens is 228 g/mol. The summed E-state index contributed by atoms with van der Waals surface area (Å²) >= 11 is 0. The van der Waals surface area contributed by atoms with Gasteiger partial charge in [0, 0.05) is 18.5 Å². The maximum atomic E-state index is 12.5. The Balaban J connectivity index is 1.67. The van der Waals surface area contributed by atoms with Crippen LogP contribution < -0.4 is 5.73 Å². The van der Waals surface area contributed by atoms with Gasteiger partial charge in [0.15, 0.2) is 0 Å². The lowest BCUT2D eigenvalue weighted by molar-refractivity contribution is -0.135. The molecule has 1 amide bonds. The zero-order chi connectivity index (χ0) is 12.7. The maximum Gasteiger partial charge on any atom is 0.240 e. The number of carbonyl (C=O) groups excluding carboxylic acids is 1. The van der Waals surface area contributed by atoms with E-state index in [-0.39, 0.29) is 17.9 Å². The van der Waals surface area contributed by atoms with Crippen LogP contribution in [0, 0.1) is 11.8 Å². The quantitative estimate of drug-likeness (QED) is 0.766. The molecule has 3 fully saturated rings. The Labute approximate surface area is 109 Å². The molecule has 0 bridgehead atoms. The third-order valence-electron chi connectivity index (χ3n) is 5.32. The van der Waals surface area contributed by atoms with Gasteiger partial charge in [0.2, 0.25) is 5.91 Å². The van der Waals surface area contributed by atoms with Crippen molar-refractivity contribution in [2.45, 2.75) is 63.1 Å². The zero-order valence-corrected chi connectivity index (χ0v) is 10.9. The van der Waals surface area contributed by atoms with Crippen molar-refractivity contribution in [1.82, 2.24) is 4.90 Å². The minimum absolute atomic E-state index is 0.0158. The minimum atomic E-state index is -0.484. The highest BCUT2D eigenvalue weighted by Gasteiger charge is 2.43. The summed E-state index contributed by atoms with van der Waals surface area (Å²) in [4.78, 5) is 14.5. The minimum Gasteiger partial charge on any atom is -0.393 e. The molecule has 2 saturated carbocycles. The monoisotopic (exact) mass is 252 g/mol. The summed E-state index contributed by atoms with van der Waals surface area (Å²) in [5.41, 5.74) is 6.12. The summed E-state index contributed by atoms with van der Waals surface area (Å²) < 4.78 is 0. The van der Waals surface area contributed by atoms with Gasteiger partial charge in [-0.3, -0.25) is 4.79 Å². The van der Waals surface area contributed by atoms with Gasteiger partial charge >= 0.3 is 0 Å². The number of hydrogen-bond donors (Lipinski definition) is 2. The molecule has 0 aromatic carbocycles. The summed E-state index contributed by atoms with van der Waals surface area (Å²) in [6, 6.07) is -0.0380. The number of carbonyl (C=O) groups is 1. The zero-order valence-electron chi connectivity index (χ0n) is 10.9. The average Bonchev–Trinajstić information content (AvgIpc) is 3.02. The molecule has 5 unspecified atom stereocenters. The molecule has 18 heavy (non-hydrogen) atoms. The summed E-state index contributed by atoms with van der Waals surface area (Å²) in [7, 11) is 0. The molecule has 4 nitrogen and oxygen atoms in total. The highest BCUT2D eigenvalue weighted by molar-refractivity contribution is 5.82. The van der Waals surface area contributed by atoms with Crippen LogP contribution in [0.2, 0.25) is 0 Å². The summed E-state index contributed by atoms with van der Waals surface area (Å²) in [5, 5.41) is 9.89. The van der Waals surface area contributed by atoms with Crippen molar-refractivity contribution in [2.24, 2.45) is 17.6 Å². The molecule has 0 spiro atoms. The van der Waals surface area contributed by atoms with E-state index in [0.717, 1.165) is 44.6 Å². The van der Waals surface area contributed by atoms with E-state index in [1.807, 2.05) is 4.90 Å². The first-order chi connectivity index (χ1) is 8.68. The number of hydrogen-bond acceptors (Lipinski definition) is 3. The number of fused-ring (bicyclic) bond motifs is 1. The number of aliphatic hydroxyl groups is 1. The first kappa shape index (κ1) is 12.4. The van der Waals surface area contributed by atoms with Crippen LogP contribution in [0.15, 0.2) is 0 Å². The molecule has 3 aliphatic rings. The van der Waals surface area contributed by atoms with E-state index in [1.54, 1.807) is 0 Å². The van der Waals surface area contributed by atoms with Crippen molar-refractivity contribution in [2.75, 3.05) is 6.54 Å². The van der Waals surface area contributed by atoms with Gasteiger partial charge in [0.05, 0.1) is 12.1 Å². The number of nitrogens with zero attached hydrogens (tertiary/aromatic N) is 1. The molecule has 3 N–H and O–H groups in total. The Kier molecular flexibility index (Phi) is 3.32. The largest absolute Gasteiger partial charge is 0.393 e. The van der Waals surface area contributed by atoms with E-state index >= 15 is 0 Å². The van der Waals surface area contributed by atoms with Crippen LogP contribution in [-0.2, 0) is 4.79 Å². The smallest absolute Gasteiger partial charge is 0.240 e. The van der Waals surface area contributed by atoms with Gasteiger partial charge in [-0.2, -0.15) is 0 Å². The number of nitrogens with two attached hydrogens (primary N) is 1. The first-order valence-corrected chi connectivity index (χ1v) is 7.42. The van der Waals surface area contributed by atoms with E-state index in [4.69, 9.17) is 5.73 Å². The lowest BCUT2D eigenvalue weighted by atomic mass is 9.95. The Bertz CT molecular complexity index is 334. The first-order valence-electron chi connectivity index (χ1n) is 7.42. The van der Waals surface area contributed by atoms with Crippen molar-refractivity contribution in [3.05, 3.63) is 0 Å². The van der Waals surface area contributed by atoms with Gasteiger partial charge in [-0.25, -0.2) is 0 Å². The highest BCUT2D eigenvalue weighted by atomic mass is 16.3. The van der Waals surface area contributed by atoms with E-state index in [2.05, 4.69) is 0 Å². The molecule has 3 rings (SSSR count). The molecule has 5 atom stereocenters. The summed E-state index contributed by atoms with van der Waals surface area (Å²) in [6.45, 7) is 0.880. The number of rotatable bonds is 2. The van der Waals surface area contributed by atoms with Crippen LogP contribution in [0.4, 0.5) is 0 Å². The van der Waals surface area contributed by atoms with E-state index in [9.17, 15) is 9.90 Å². The van der Waals surface area contributed by atoms with Crippen LogP contribution in [0.5, 0.6) is 0 Å². The van der Waals surface area contributed by atoms with Crippen LogP contribution in [0.3, 0.4) is 0 Å². The fraction of sp³-hybridized carbons (Fsp3) is 0.929. The average molecular weight is 252 g/mol. The van der Waals surface area contributed by atoms with Crippen LogP contribution >= 0.6 is 0 Å². The number of likely N-dealkylation sites (tertiary alicyclic amines) is 1. The van der Waals surface area contributed by atoms with Crippen molar-refractivity contribution in [3.8, 4) is 0 Å². The molecule has 0 aromatic heterocycles. The van der Waals surface area contributed by atoms with Crippen LogP contribution in [0.25, 0.3) is 0 Å². The predicted octanol–water partition coefficient (Wildman–Crippen LogP) is 0.876. The van der Waals surface area contributed by atoms with Gasteiger partial charge < -0.3 is 15.7 Å². The fourth-order valence-electron chi connectivity index (χ4n) is 4.27. The second kappa shape index (κ2) is 4.82. The van der Waals surface area contributed by atoms with E-state index < -0.39 is 6.04 Å². The topological polar surface area (TPSA) is 66.6 Å². The maximum absolute atomic E-state index is 12.5. The Hall–Kier alpha value is -0.610. The Morgan fingerprint density at radius 1 is 1.17 bits per heavy atom. The van der Waals surface area contributed by atoms with Gasteiger partial charge in [0.25, 0.3) is 0 Å². The SMILES string of the molecule is NC(C(=O)N1CCC2CCCC21)C1CCCC1O. The molecule has 102 valence electrons. The second-order valence-electron chi connectivity index (χ2n) is 6.27. The Morgan fingerprint density at radius 3 is 2.67 bits per heavy atom. The summed E-state index contributed by atoms with van der Waals surface area (Å²) in [5.74, 6) is 0.794. The van der Waals surface area contributed by atoms with Gasteiger partial charge in [-0.15, -0.1) is 0 Å². The van der Waals surface area contributed by atoms with Crippen molar-refractivity contribution in [1.29, 1.82) is 0 Å². The highest BCUT2D eigenvalue weighted by Crippen LogP contribution is 2.38. The van der Waals surface area contributed by atoms with Crippen molar-refractivity contribution < 1.29 is 9.90 Å². The molecule has 0 radical (unpaired) electrons. The van der Waals surface area contributed by atoms with Gasteiger partial charge in [-0.05, 0) is 38.0 Å². The summed E-state index contributed by atoms with van der Waals surface area (Å²) in [6.07, 6.45) is 7.15. The molecule has 2 aliphatic carbocycles. The number of aliphatic hydroxyl groups excluding tert-OH is 1. The van der Waals surface area contributed by atoms with Crippen molar-refractivity contribution >= 4 is 5.91 Å². The third kappa shape index (κ3) is 1.95. The number of amides is 1. The fourth-order valence-corrected chi connectivity index (χ4v) is 4.27. The van der Waals surface area contributed by atoms with Crippen LogP contribution in [-0.4, -0.2) is 40.6 Å². The Morgan fingerprint density at radius 2 is 1.94 bits per heavy atom. The standard InChI is InChI=1S/C14H24N2O2/c15-13(10-4-2-6-12(10)17)14(18)16-8-7-9-3-1-5-11(9)16/h9-13,17H,1-8,15H2. The molecule has 1 aliphatic heterocycles. The molecule has 4 heteroatoms. The molecule has 1 heterocycles. The van der Waals surface area contributed by atoms with Crippen LogP contribution in [0.1, 0.15) is 44.9 Å². The molecular formula is C14H24N2O2.